The number of aromatic amines is 1. The highest BCUT2D eigenvalue weighted by Gasteiger charge is 2.46. The van der Waals surface area contributed by atoms with Crippen molar-refractivity contribution in [1.29, 1.82) is 0 Å². The Bertz CT molecular complexity index is 617. The van der Waals surface area contributed by atoms with Gasteiger partial charge in [0, 0.05) is 29.7 Å². The molecule has 0 aliphatic heterocycles. The Morgan fingerprint density at radius 1 is 1.44 bits per heavy atom. The van der Waals surface area contributed by atoms with E-state index >= 15 is 0 Å². The molecule has 0 spiro atoms. The van der Waals surface area contributed by atoms with Crippen molar-refractivity contribution >= 4 is 22.6 Å². The van der Waals surface area contributed by atoms with Crippen LogP contribution in [-0.4, -0.2) is 29.1 Å². The van der Waals surface area contributed by atoms with Crippen LogP contribution < -0.4 is 4.90 Å². The number of carboxylic acid groups (broad SMARTS) is 1. The van der Waals surface area contributed by atoms with Crippen molar-refractivity contribution in [2.45, 2.75) is 19.4 Å². The van der Waals surface area contributed by atoms with Crippen LogP contribution in [0.4, 0.5) is 5.69 Å². The Kier molecular flexibility index (Phi) is 2.33. The van der Waals surface area contributed by atoms with Gasteiger partial charge in [0.15, 0.2) is 0 Å². The van der Waals surface area contributed by atoms with E-state index in [0.717, 1.165) is 28.7 Å². The molecule has 3 rings (SSSR count). The molecule has 0 radical (unpaired) electrons. The number of aliphatic carboxylic acids is 1. The zero-order valence-electron chi connectivity index (χ0n) is 10.5. The Labute approximate surface area is 105 Å². The number of carboxylic acids is 1. The number of fused-ring (bicyclic) bond motifs is 1. The first-order valence-corrected chi connectivity index (χ1v) is 6.12. The molecule has 2 N–H and O–H groups in total. The van der Waals surface area contributed by atoms with Crippen molar-refractivity contribution < 1.29 is 9.90 Å². The average Bonchev–Trinajstić information content (AvgIpc) is 3.05. The summed E-state index contributed by atoms with van der Waals surface area (Å²) in [5, 5.41) is 10.2. The zero-order valence-corrected chi connectivity index (χ0v) is 10.5. The smallest absolute Gasteiger partial charge is 0.308 e. The van der Waals surface area contributed by atoms with E-state index in [2.05, 4.69) is 16.0 Å². The molecule has 1 fully saturated rings. The number of rotatable bonds is 3. The summed E-state index contributed by atoms with van der Waals surface area (Å²) in [6.45, 7) is 2.03. The minimum Gasteiger partial charge on any atom is -0.481 e. The second-order valence-electron chi connectivity index (χ2n) is 5.00. The van der Waals surface area contributed by atoms with Gasteiger partial charge < -0.3 is 15.0 Å². The summed E-state index contributed by atoms with van der Waals surface area (Å²) >= 11 is 0. The van der Waals surface area contributed by atoms with Gasteiger partial charge in [-0.15, -0.1) is 0 Å². The lowest BCUT2D eigenvalue weighted by atomic mass is 10.2. The molecule has 4 heteroatoms. The summed E-state index contributed by atoms with van der Waals surface area (Å²) in [5.41, 5.74) is 3.32. The van der Waals surface area contributed by atoms with Crippen LogP contribution in [0.1, 0.15) is 12.1 Å². The number of nitrogens with zero attached hydrogens (tertiary/aromatic N) is 1. The lowest BCUT2D eigenvalue weighted by Gasteiger charge is -2.19. The van der Waals surface area contributed by atoms with Gasteiger partial charge in [-0.2, -0.15) is 0 Å². The molecule has 0 saturated heterocycles. The number of aromatic nitrogens is 1. The highest BCUT2D eigenvalue weighted by atomic mass is 16.4. The van der Waals surface area contributed by atoms with Gasteiger partial charge in [-0.25, -0.2) is 0 Å². The Morgan fingerprint density at radius 3 is 2.83 bits per heavy atom. The number of para-hydroxylation sites is 1. The van der Waals surface area contributed by atoms with Crippen molar-refractivity contribution in [1.82, 2.24) is 4.98 Å². The molecule has 1 aromatic heterocycles. The van der Waals surface area contributed by atoms with Crippen LogP contribution in [0, 0.1) is 12.8 Å². The Hall–Kier alpha value is -1.97. The molecule has 94 valence electrons. The fraction of sp³-hybridized carbons (Fsp3) is 0.357. The number of nitrogens with one attached hydrogen (secondary N) is 1. The largest absolute Gasteiger partial charge is 0.481 e. The number of hydrogen-bond acceptors (Lipinski definition) is 2. The third-order valence-electron chi connectivity index (χ3n) is 3.78. The number of anilines is 1. The number of hydrogen-bond donors (Lipinski definition) is 2. The standard InChI is InChI=1S/C14H16N2O2/c1-8-13(9-5-3-4-6-11(9)15-8)16(2)12-7-10(12)14(17)18/h3-6,10,12,15H,7H2,1-2H3,(H,17,18). The molecular weight excluding hydrogens is 228 g/mol. The van der Waals surface area contributed by atoms with Crippen molar-refractivity contribution in [2.24, 2.45) is 5.92 Å². The van der Waals surface area contributed by atoms with E-state index in [9.17, 15) is 4.79 Å². The first kappa shape index (κ1) is 11.1. The predicted molar refractivity (Wildman–Crippen MR) is 71.0 cm³/mol. The topological polar surface area (TPSA) is 56.3 Å². The van der Waals surface area contributed by atoms with Gasteiger partial charge >= 0.3 is 5.97 Å². The van der Waals surface area contributed by atoms with Crippen molar-refractivity contribution in [2.75, 3.05) is 11.9 Å². The van der Waals surface area contributed by atoms with Crippen molar-refractivity contribution in [3.8, 4) is 0 Å². The first-order valence-electron chi connectivity index (χ1n) is 6.12. The lowest BCUT2D eigenvalue weighted by Crippen LogP contribution is -2.23. The molecule has 18 heavy (non-hydrogen) atoms. The minimum atomic E-state index is -0.690. The van der Waals surface area contributed by atoms with E-state index in [1.165, 1.54) is 0 Å². The molecular formula is C14H16N2O2. The second kappa shape index (κ2) is 3.77. The molecule has 1 heterocycles. The van der Waals surface area contributed by atoms with E-state index in [1.54, 1.807) is 0 Å². The highest BCUT2D eigenvalue weighted by Crippen LogP contribution is 2.41. The van der Waals surface area contributed by atoms with Crippen LogP contribution in [0.15, 0.2) is 24.3 Å². The predicted octanol–water partition coefficient (Wildman–Crippen LogP) is 2.39. The molecule has 1 saturated carbocycles. The van der Waals surface area contributed by atoms with Gasteiger partial charge in [0.1, 0.15) is 0 Å². The van der Waals surface area contributed by atoms with Gasteiger partial charge in [-0.1, -0.05) is 18.2 Å². The number of benzene rings is 1. The molecule has 1 aliphatic rings. The number of H-pyrrole nitrogens is 1. The van der Waals surface area contributed by atoms with Gasteiger partial charge in [-0.3, -0.25) is 4.79 Å². The quantitative estimate of drug-likeness (QED) is 0.871. The SMILES string of the molecule is Cc1[nH]c2ccccc2c1N(C)C1CC1C(=O)O. The fourth-order valence-electron chi connectivity index (χ4n) is 2.76. The lowest BCUT2D eigenvalue weighted by molar-refractivity contribution is -0.138. The van der Waals surface area contributed by atoms with Crippen molar-refractivity contribution in [3.05, 3.63) is 30.0 Å². The van der Waals surface area contributed by atoms with E-state index < -0.39 is 5.97 Å². The maximum absolute atomic E-state index is 11.0. The third kappa shape index (κ3) is 1.56. The summed E-state index contributed by atoms with van der Waals surface area (Å²) in [6, 6.07) is 8.25. The number of aryl methyl sites for hydroxylation is 1. The summed E-state index contributed by atoms with van der Waals surface area (Å²) in [4.78, 5) is 16.4. The van der Waals surface area contributed by atoms with E-state index in [1.807, 2.05) is 32.2 Å². The van der Waals surface area contributed by atoms with Crippen LogP contribution in [0.25, 0.3) is 10.9 Å². The summed E-state index contributed by atoms with van der Waals surface area (Å²) < 4.78 is 0. The molecule has 0 amide bonds. The van der Waals surface area contributed by atoms with Crippen LogP contribution in [0.5, 0.6) is 0 Å². The van der Waals surface area contributed by atoms with Crippen molar-refractivity contribution in [3.63, 3.8) is 0 Å². The zero-order chi connectivity index (χ0) is 12.9. The maximum Gasteiger partial charge on any atom is 0.308 e. The molecule has 1 aromatic carbocycles. The highest BCUT2D eigenvalue weighted by molar-refractivity contribution is 5.95. The Morgan fingerprint density at radius 2 is 2.17 bits per heavy atom. The normalized spacial score (nSPS) is 22.1. The van der Waals surface area contributed by atoms with Gasteiger partial charge in [0.05, 0.1) is 11.6 Å². The minimum absolute atomic E-state index is 0.125. The molecule has 1 aliphatic carbocycles. The third-order valence-corrected chi connectivity index (χ3v) is 3.78. The maximum atomic E-state index is 11.0. The fourth-order valence-corrected chi connectivity index (χ4v) is 2.76. The van der Waals surface area contributed by atoms with Crippen LogP contribution in [-0.2, 0) is 4.79 Å². The molecule has 2 atom stereocenters. The summed E-state index contributed by atoms with van der Waals surface area (Å²) in [7, 11) is 1.98. The molecule has 2 aromatic rings. The van der Waals surface area contributed by atoms with Crippen LogP contribution in [0.3, 0.4) is 0 Å². The van der Waals surface area contributed by atoms with Gasteiger partial charge in [0.25, 0.3) is 0 Å². The van der Waals surface area contributed by atoms with Gasteiger partial charge in [-0.05, 0) is 19.4 Å². The molecule has 0 bridgehead atoms. The average molecular weight is 244 g/mol. The van der Waals surface area contributed by atoms with E-state index in [-0.39, 0.29) is 12.0 Å². The van der Waals surface area contributed by atoms with E-state index in [0.29, 0.717) is 0 Å². The van der Waals surface area contributed by atoms with Crippen LogP contribution >= 0.6 is 0 Å². The summed E-state index contributed by atoms with van der Waals surface area (Å²) in [5.74, 6) is -0.910. The first-order chi connectivity index (χ1) is 8.59. The second-order valence-corrected chi connectivity index (χ2v) is 5.00. The number of carbonyl (C=O) groups is 1. The van der Waals surface area contributed by atoms with Crippen LogP contribution in [0.2, 0.25) is 0 Å². The summed E-state index contributed by atoms with van der Waals surface area (Å²) in [6.07, 6.45) is 0.741. The Balaban J connectivity index is 1.99. The molecule has 2 unspecified atom stereocenters. The van der Waals surface area contributed by atoms with E-state index in [4.69, 9.17) is 5.11 Å². The molecule has 4 nitrogen and oxygen atoms in total. The monoisotopic (exact) mass is 244 g/mol. The van der Waals surface area contributed by atoms with Gasteiger partial charge in [0.2, 0.25) is 0 Å².